The zero-order valence-corrected chi connectivity index (χ0v) is 32.2. The molecule has 5 aliphatic rings. The molecule has 5 heterocycles. The molecule has 0 saturated heterocycles. The molecule has 2 N–H and O–H groups in total. The first-order valence-corrected chi connectivity index (χ1v) is 19.9. The molecule has 0 amide bonds. The normalized spacial score (nSPS) is 18.0. The zero-order chi connectivity index (χ0) is 34.0. The van der Waals surface area contributed by atoms with Gasteiger partial charge in [-0.25, -0.2) is 9.97 Å². The van der Waals surface area contributed by atoms with Crippen molar-refractivity contribution in [2.24, 2.45) is 0 Å². The summed E-state index contributed by atoms with van der Waals surface area (Å²) in [5.74, 6) is 0.792. The number of benzene rings is 1. The third-order valence-corrected chi connectivity index (χ3v) is 12.5. The van der Waals surface area contributed by atoms with Crippen LogP contribution in [0.1, 0.15) is 161 Å². The Hall–Kier alpha value is -3.45. The van der Waals surface area contributed by atoms with E-state index in [1.54, 1.807) is 0 Å². The van der Waals surface area contributed by atoms with Crippen molar-refractivity contribution in [3.63, 3.8) is 0 Å². The van der Waals surface area contributed by atoms with Gasteiger partial charge in [0.2, 0.25) is 0 Å². The van der Waals surface area contributed by atoms with Crippen LogP contribution in [0.25, 0.3) is 44.4 Å². The average Bonchev–Trinajstić information content (AvgIpc) is 3.80. The third-order valence-electron chi connectivity index (χ3n) is 11.8. The number of aryl methyl sites for hydroxylation is 2. The highest BCUT2D eigenvalue weighted by atomic mass is 127. The number of nitrogens with zero attached hydrogens (tertiary/aromatic N) is 2. The van der Waals surface area contributed by atoms with E-state index in [9.17, 15) is 0 Å². The van der Waals surface area contributed by atoms with E-state index >= 15 is 0 Å². The fraction of sp³-hybridized carbons (Fsp3) is 0.409. The molecule has 10 bridgehead atoms. The number of unbranched alkanes of at least 4 members (excludes halogenated alkanes) is 2. The first-order chi connectivity index (χ1) is 23.8. The summed E-state index contributed by atoms with van der Waals surface area (Å²) in [6, 6.07) is 16.6. The van der Waals surface area contributed by atoms with Gasteiger partial charge in [0.15, 0.2) is 0 Å². The van der Waals surface area contributed by atoms with Gasteiger partial charge in [0.25, 0.3) is 0 Å². The number of hydrogen-bond acceptors (Lipinski definition) is 2. The molecule has 3 aliphatic carbocycles. The zero-order valence-electron chi connectivity index (χ0n) is 30.0. The van der Waals surface area contributed by atoms with Gasteiger partial charge in [0.05, 0.1) is 22.8 Å². The molecule has 2 aliphatic heterocycles. The maximum atomic E-state index is 5.45. The number of fused-ring (bicyclic) bond motifs is 9. The first kappa shape index (κ1) is 32.7. The van der Waals surface area contributed by atoms with Crippen molar-refractivity contribution in [1.29, 1.82) is 0 Å². The number of nitrogens with one attached hydrogen (secondary N) is 2. The summed E-state index contributed by atoms with van der Waals surface area (Å²) in [6.07, 6.45) is 11.1. The topological polar surface area (TPSA) is 57.4 Å². The fourth-order valence-electron chi connectivity index (χ4n) is 9.29. The number of halogens is 1. The molecule has 0 saturated carbocycles. The van der Waals surface area contributed by atoms with Crippen molar-refractivity contribution in [2.75, 3.05) is 0 Å². The van der Waals surface area contributed by atoms with Crippen molar-refractivity contribution < 1.29 is 0 Å². The quantitative estimate of drug-likeness (QED) is 0.176. The average molecular weight is 761 g/mol. The van der Waals surface area contributed by atoms with E-state index in [4.69, 9.17) is 9.97 Å². The molecule has 1 aromatic carbocycles. The lowest BCUT2D eigenvalue weighted by molar-refractivity contribution is 0.527. The van der Waals surface area contributed by atoms with E-state index in [1.165, 1.54) is 113 Å². The summed E-state index contributed by atoms with van der Waals surface area (Å²) in [5.41, 5.74) is 23.6. The number of aromatic amines is 2. The van der Waals surface area contributed by atoms with Crippen LogP contribution < -0.4 is 0 Å². The second kappa shape index (κ2) is 13.0. The van der Waals surface area contributed by atoms with Crippen LogP contribution in [0.4, 0.5) is 0 Å². The Morgan fingerprint density at radius 3 is 1.57 bits per heavy atom. The van der Waals surface area contributed by atoms with Gasteiger partial charge in [-0.3, -0.25) is 0 Å². The van der Waals surface area contributed by atoms with E-state index in [0.29, 0.717) is 11.8 Å². The van der Waals surface area contributed by atoms with Crippen LogP contribution in [-0.4, -0.2) is 19.9 Å². The second-order valence-corrected chi connectivity index (χ2v) is 15.9. The molecule has 2 unspecified atom stereocenters. The van der Waals surface area contributed by atoms with Crippen LogP contribution in [0, 0.1) is 3.57 Å². The van der Waals surface area contributed by atoms with Crippen molar-refractivity contribution in [3.8, 4) is 0 Å². The van der Waals surface area contributed by atoms with Gasteiger partial charge in [0.1, 0.15) is 0 Å². The molecule has 3 aromatic heterocycles. The number of rotatable bonds is 8. The predicted octanol–water partition coefficient (Wildman–Crippen LogP) is 12.7. The van der Waals surface area contributed by atoms with Crippen LogP contribution in [0.2, 0.25) is 0 Å². The second-order valence-electron chi connectivity index (χ2n) is 14.6. The van der Waals surface area contributed by atoms with Crippen molar-refractivity contribution in [1.82, 2.24) is 19.9 Å². The van der Waals surface area contributed by atoms with E-state index in [2.05, 4.69) is 117 Å². The molecule has 0 spiro atoms. The Labute approximate surface area is 305 Å². The summed E-state index contributed by atoms with van der Waals surface area (Å²) in [4.78, 5) is 18.8. The van der Waals surface area contributed by atoms with Gasteiger partial charge >= 0.3 is 0 Å². The Balaban J connectivity index is 1.50. The Morgan fingerprint density at radius 2 is 1.08 bits per heavy atom. The smallest absolute Gasteiger partial charge is 0.0693 e. The molecule has 0 fully saturated rings. The minimum Gasteiger partial charge on any atom is -0.355 e. The van der Waals surface area contributed by atoms with Gasteiger partial charge in [0, 0.05) is 37.5 Å². The van der Waals surface area contributed by atoms with Gasteiger partial charge in [-0.2, -0.15) is 0 Å². The number of allylic oxidation sites excluding steroid dienone is 4. The summed E-state index contributed by atoms with van der Waals surface area (Å²) in [7, 11) is 0. The van der Waals surface area contributed by atoms with Crippen molar-refractivity contribution in [3.05, 3.63) is 102 Å². The largest absolute Gasteiger partial charge is 0.355 e. The van der Waals surface area contributed by atoms with Crippen LogP contribution in [-0.2, 0) is 12.8 Å². The van der Waals surface area contributed by atoms with E-state index in [0.717, 1.165) is 54.9 Å². The van der Waals surface area contributed by atoms with Gasteiger partial charge < -0.3 is 9.97 Å². The van der Waals surface area contributed by atoms with Crippen molar-refractivity contribution in [2.45, 2.75) is 118 Å². The monoisotopic (exact) mass is 760 g/mol. The lowest BCUT2D eigenvalue weighted by Gasteiger charge is -2.39. The van der Waals surface area contributed by atoms with E-state index in [-0.39, 0.29) is 0 Å². The minimum absolute atomic E-state index is 0.395. The fourth-order valence-corrected chi connectivity index (χ4v) is 9.81. The minimum atomic E-state index is 0.395. The third kappa shape index (κ3) is 5.37. The predicted molar refractivity (Wildman–Crippen MR) is 216 cm³/mol. The summed E-state index contributed by atoms with van der Waals surface area (Å²) in [5, 5.41) is 0. The van der Waals surface area contributed by atoms with Crippen LogP contribution in [0.15, 0.2) is 42.5 Å². The molecule has 0 radical (unpaired) electrons. The van der Waals surface area contributed by atoms with Gasteiger partial charge in [-0.05, 0) is 180 Å². The molecule has 4 nitrogen and oxygen atoms in total. The molecule has 4 aromatic rings. The molecule has 49 heavy (non-hydrogen) atoms. The summed E-state index contributed by atoms with van der Waals surface area (Å²) >= 11 is 2.49. The Morgan fingerprint density at radius 1 is 0.612 bits per heavy atom. The number of H-pyrrole nitrogens is 2. The molecule has 252 valence electrons. The number of aromatic nitrogens is 4. The van der Waals surface area contributed by atoms with E-state index < -0.39 is 0 Å². The van der Waals surface area contributed by atoms with Crippen LogP contribution in [0.3, 0.4) is 0 Å². The maximum Gasteiger partial charge on any atom is 0.0693 e. The van der Waals surface area contributed by atoms with Crippen molar-refractivity contribution >= 4 is 67.0 Å². The highest BCUT2D eigenvalue weighted by molar-refractivity contribution is 14.1. The Kier molecular flexibility index (Phi) is 8.70. The summed E-state index contributed by atoms with van der Waals surface area (Å²) < 4.78 is 1.32. The molecular formula is C44H49IN4. The SMILES string of the molecule is CCCCC1=C(C)c2cc3[nH]c(cc4nc(cc5[nH]c(cc1n2)c(CC)c5CC)C(CCCC)=C4C)c1c3C2CCC1c1cc(I)ccc12. The first-order valence-electron chi connectivity index (χ1n) is 18.8. The van der Waals surface area contributed by atoms with E-state index in [1.807, 2.05) is 0 Å². The Bertz CT molecular complexity index is 2220. The van der Waals surface area contributed by atoms with Gasteiger partial charge in [-0.15, -0.1) is 0 Å². The van der Waals surface area contributed by atoms with Crippen LogP contribution in [0.5, 0.6) is 0 Å². The maximum absolute atomic E-state index is 5.45. The molecule has 9 rings (SSSR count). The molecular weight excluding hydrogens is 711 g/mol. The molecule has 2 atom stereocenters. The van der Waals surface area contributed by atoms with Gasteiger partial charge in [-0.1, -0.05) is 46.6 Å². The highest BCUT2D eigenvalue weighted by Gasteiger charge is 2.40. The lowest BCUT2D eigenvalue weighted by Crippen LogP contribution is -2.23. The highest BCUT2D eigenvalue weighted by Crippen LogP contribution is 2.56. The summed E-state index contributed by atoms with van der Waals surface area (Å²) in [6.45, 7) is 13.7. The van der Waals surface area contributed by atoms with Crippen LogP contribution >= 0.6 is 22.6 Å². The molecule has 5 heteroatoms. The standard InChI is InChI=1S/C44H49IN4/c1-7-11-13-29-24(5)35-20-41-43-32-17-18-33(34-19-26(45)15-16-31(32)34)44(43)42(49-41)21-36-25(6)30(14-12-8-2)40(47-36)23-38-28(10-4)27(9-3)37(48-38)22-39(29)46-35/h15-16,19-23,32-33,48-49H,7-14,17-18H2,1-6H3. The number of hydrogen-bond donors (Lipinski definition) is 2. The lowest BCUT2D eigenvalue weighted by atomic mass is 9.64.